The van der Waals surface area contributed by atoms with E-state index in [0.717, 1.165) is 42.4 Å². The topological polar surface area (TPSA) is 55.8 Å². The van der Waals surface area contributed by atoms with E-state index in [-0.39, 0.29) is 30.5 Å². The third-order valence-corrected chi connectivity index (χ3v) is 6.04. The first-order chi connectivity index (χ1) is 13.7. The zero-order valence-electron chi connectivity index (χ0n) is 18.0. The summed E-state index contributed by atoms with van der Waals surface area (Å²) in [5.41, 5.74) is 5.13. The lowest BCUT2D eigenvalue weighted by Crippen LogP contribution is -2.50. The minimum absolute atomic E-state index is 0.0945. The quantitative estimate of drug-likeness (QED) is 0.642. The van der Waals surface area contributed by atoms with Crippen LogP contribution in [0, 0.1) is 5.92 Å². The predicted octanol–water partition coefficient (Wildman–Crippen LogP) is 4.96. The summed E-state index contributed by atoms with van der Waals surface area (Å²) in [6.07, 6.45) is 10.4. The molecule has 3 aliphatic rings. The Labute approximate surface area is 174 Å². The lowest BCUT2D eigenvalue weighted by Gasteiger charge is -2.47. The highest BCUT2D eigenvalue weighted by atomic mass is 16.7. The van der Waals surface area contributed by atoms with Gasteiger partial charge in [0.15, 0.2) is 11.6 Å². The Kier molecular flexibility index (Phi) is 6.77. The molecule has 3 rings (SSSR count). The molecule has 1 spiro atoms. The monoisotopic (exact) mass is 398 g/mol. The van der Waals surface area contributed by atoms with Gasteiger partial charge < -0.3 is 14.6 Å². The molecule has 0 aromatic carbocycles. The highest BCUT2D eigenvalue weighted by Crippen LogP contribution is 2.44. The fraction of sp³-hybridized carbons (Fsp3) is 0.560. The Morgan fingerprint density at radius 1 is 1.31 bits per heavy atom. The van der Waals surface area contributed by atoms with Crippen molar-refractivity contribution >= 4 is 5.78 Å². The Balaban J connectivity index is 1.80. The molecule has 0 aromatic heterocycles. The zero-order valence-corrected chi connectivity index (χ0v) is 18.0. The van der Waals surface area contributed by atoms with E-state index >= 15 is 0 Å². The highest BCUT2D eigenvalue weighted by molar-refractivity contribution is 5.96. The van der Waals surface area contributed by atoms with Crippen molar-refractivity contribution in [1.82, 2.24) is 0 Å². The van der Waals surface area contributed by atoms with Crippen molar-refractivity contribution < 1.29 is 19.4 Å². The maximum Gasteiger partial charge on any atom is 0.193 e. The van der Waals surface area contributed by atoms with Crippen molar-refractivity contribution in [3.8, 4) is 0 Å². The third kappa shape index (κ3) is 5.25. The molecule has 4 atom stereocenters. The molecule has 158 valence electrons. The second-order valence-electron chi connectivity index (χ2n) is 8.97. The van der Waals surface area contributed by atoms with Gasteiger partial charge in [-0.3, -0.25) is 4.79 Å². The second kappa shape index (κ2) is 8.95. The van der Waals surface area contributed by atoms with E-state index in [4.69, 9.17) is 9.47 Å². The molecule has 1 N–H and O–H groups in total. The number of hydrogen-bond acceptors (Lipinski definition) is 4. The Morgan fingerprint density at radius 3 is 2.76 bits per heavy atom. The van der Waals surface area contributed by atoms with Crippen LogP contribution in [0.5, 0.6) is 0 Å². The van der Waals surface area contributed by atoms with E-state index in [0.29, 0.717) is 12.8 Å². The van der Waals surface area contributed by atoms with Crippen LogP contribution in [0.2, 0.25) is 0 Å². The summed E-state index contributed by atoms with van der Waals surface area (Å²) in [6.45, 7) is 14.1. The minimum Gasteiger partial charge on any atom is -0.392 e. The lowest BCUT2D eigenvalue weighted by atomic mass is 9.78. The summed E-state index contributed by atoms with van der Waals surface area (Å²) >= 11 is 0. The fourth-order valence-corrected chi connectivity index (χ4v) is 4.57. The van der Waals surface area contributed by atoms with E-state index < -0.39 is 5.79 Å². The van der Waals surface area contributed by atoms with Crippen molar-refractivity contribution in [3.63, 3.8) is 0 Å². The fourth-order valence-electron chi connectivity index (χ4n) is 4.57. The van der Waals surface area contributed by atoms with Gasteiger partial charge in [-0.15, -0.1) is 6.58 Å². The van der Waals surface area contributed by atoms with Gasteiger partial charge in [-0.05, 0) is 69.8 Å². The van der Waals surface area contributed by atoms with Gasteiger partial charge in [0, 0.05) is 18.8 Å². The van der Waals surface area contributed by atoms with Gasteiger partial charge in [0.2, 0.25) is 0 Å². The van der Waals surface area contributed by atoms with Crippen molar-refractivity contribution in [2.45, 2.75) is 77.3 Å². The first kappa shape index (κ1) is 21.9. The molecule has 2 heterocycles. The van der Waals surface area contributed by atoms with Crippen molar-refractivity contribution in [1.29, 1.82) is 0 Å². The van der Waals surface area contributed by atoms with E-state index in [9.17, 15) is 9.90 Å². The van der Waals surface area contributed by atoms with E-state index in [1.807, 2.05) is 19.1 Å². The summed E-state index contributed by atoms with van der Waals surface area (Å²) in [5, 5.41) is 9.96. The number of aliphatic hydroxyl groups is 1. The van der Waals surface area contributed by atoms with Crippen LogP contribution < -0.4 is 0 Å². The van der Waals surface area contributed by atoms with Crippen LogP contribution in [0.25, 0.3) is 0 Å². The number of allylic oxidation sites excluding steroid dienone is 3. The van der Waals surface area contributed by atoms with Crippen LogP contribution in [0.1, 0.15) is 59.3 Å². The molecule has 0 amide bonds. The number of ketones is 1. The summed E-state index contributed by atoms with van der Waals surface area (Å²) in [4.78, 5) is 12.1. The number of carbonyl (C=O) groups excluding carboxylic acids is 1. The number of carbonyl (C=O) groups is 1. The lowest BCUT2D eigenvalue weighted by molar-refractivity contribution is -0.257. The molecule has 1 saturated heterocycles. The normalized spacial score (nSPS) is 32.7. The molecule has 1 fully saturated rings. The molecule has 4 heteroatoms. The molecule has 4 unspecified atom stereocenters. The largest absolute Gasteiger partial charge is 0.392 e. The third-order valence-electron chi connectivity index (χ3n) is 6.04. The molecule has 0 bridgehead atoms. The van der Waals surface area contributed by atoms with E-state index in [1.54, 1.807) is 0 Å². The van der Waals surface area contributed by atoms with Gasteiger partial charge in [0.05, 0.1) is 18.8 Å². The Bertz CT molecular complexity index is 785. The maximum absolute atomic E-state index is 12.1. The minimum atomic E-state index is -0.926. The molecule has 4 nitrogen and oxygen atoms in total. The molecular formula is C25H34O4. The number of Topliss-reactive ketones (excluding diaryl/α,β-unsaturated/α-hetero) is 1. The molecule has 1 aliphatic carbocycles. The zero-order chi connectivity index (χ0) is 21.2. The van der Waals surface area contributed by atoms with Gasteiger partial charge >= 0.3 is 0 Å². The first-order valence-corrected chi connectivity index (χ1v) is 10.6. The van der Waals surface area contributed by atoms with Crippen LogP contribution in [-0.4, -0.2) is 35.5 Å². The van der Waals surface area contributed by atoms with Crippen molar-refractivity contribution in [2.75, 3.05) is 6.61 Å². The van der Waals surface area contributed by atoms with Crippen molar-refractivity contribution in [2.24, 2.45) is 5.92 Å². The number of rotatable bonds is 6. The molecule has 2 aliphatic heterocycles. The summed E-state index contributed by atoms with van der Waals surface area (Å²) < 4.78 is 12.9. The molecule has 0 aromatic rings. The van der Waals surface area contributed by atoms with Crippen LogP contribution in [0.4, 0.5) is 0 Å². The van der Waals surface area contributed by atoms with Gasteiger partial charge in [0.1, 0.15) is 0 Å². The Morgan fingerprint density at radius 2 is 2.07 bits per heavy atom. The van der Waals surface area contributed by atoms with Crippen LogP contribution in [0.3, 0.4) is 0 Å². The smallest absolute Gasteiger partial charge is 0.193 e. The van der Waals surface area contributed by atoms with Gasteiger partial charge in [-0.1, -0.05) is 29.4 Å². The predicted molar refractivity (Wildman–Crippen MR) is 115 cm³/mol. The molecule has 0 radical (unpaired) electrons. The van der Waals surface area contributed by atoms with Crippen molar-refractivity contribution in [3.05, 3.63) is 59.3 Å². The average molecular weight is 399 g/mol. The number of aliphatic hydroxyl groups excluding tert-OH is 1. The summed E-state index contributed by atoms with van der Waals surface area (Å²) in [6, 6.07) is 0. The van der Waals surface area contributed by atoms with E-state index in [1.165, 1.54) is 11.1 Å². The van der Waals surface area contributed by atoms with Crippen LogP contribution in [-0.2, 0) is 14.3 Å². The second-order valence-corrected chi connectivity index (χ2v) is 8.97. The first-order valence-electron chi connectivity index (χ1n) is 10.6. The molecule has 29 heavy (non-hydrogen) atoms. The van der Waals surface area contributed by atoms with Gasteiger partial charge in [-0.25, -0.2) is 0 Å². The Hall–Kier alpha value is -1.75. The summed E-state index contributed by atoms with van der Waals surface area (Å²) in [7, 11) is 0. The average Bonchev–Trinajstić information content (AvgIpc) is 2.61. The number of fused-ring (bicyclic) bond motifs is 1. The highest BCUT2D eigenvalue weighted by Gasteiger charge is 2.47. The van der Waals surface area contributed by atoms with Crippen LogP contribution >= 0.6 is 0 Å². The van der Waals surface area contributed by atoms with E-state index in [2.05, 4.69) is 33.1 Å². The van der Waals surface area contributed by atoms with Gasteiger partial charge in [0.25, 0.3) is 0 Å². The molecule has 0 saturated carbocycles. The number of ether oxygens (including phenoxy) is 2. The standard InChI is InChI=1S/C25H34O4/c1-16(2)7-6-8-17(3)9-21-10-18(4)13-25(28-21)14-20(15-26)22-12-23(27)19(5)11-24(22)29-25/h9,11,14,21-22,24,26H,1,4,6-8,10,12-13,15H2,2-3,5H3. The maximum atomic E-state index is 12.1. The SMILES string of the molecule is C=C(C)CCCC(C)=CC1CC(=C)CC2(C=C(CO)C3CC(=O)C(C)=CC3O2)O1. The van der Waals surface area contributed by atoms with Crippen LogP contribution in [0.15, 0.2) is 59.3 Å². The number of hydrogen-bond donors (Lipinski definition) is 1. The molecular weight excluding hydrogens is 364 g/mol. The summed E-state index contributed by atoms with van der Waals surface area (Å²) in [5.74, 6) is -0.922. The van der Waals surface area contributed by atoms with Gasteiger partial charge in [-0.2, -0.15) is 0 Å².